The Hall–Kier alpha value is -2.17. The van der Waals surface area contributed by atoms with E-state index in [0.29, 0.717) is 11.3 Å². The first-order valence-electron chi connectivity index (χ1n) is 5.19. The smallest absolute Gasteiger partial charge is 0.269 e. The molecular weight excluding hydrogens is 221 g/mol. The summed E-state index contributed by atoms with van der Waals surface area (Å²) in [7, 11) is 1.71. The number of aromatic nitrogens is 2. The van der Waals surface area contributed by atoms with E-state index in [2.05, 4.69) is 10.4 Å². The van der Waals surface area contributed by atoms with Gasteiger partial charge in [-0.15, -0.1) is 0 Å². The van der Waals surface area contributed by atoms with Crippen LogP contribution in [0.5, 0.6) is 0 Å². The number of nitrogens with one attached hydrogen (secondary N) is 1. The van der Waals surface area contributed by atoms with Gasteiger partial charge in [0.15, 0.2) is 0 Å². The minimum Gasteiger partial charge on any atom is -0.387 e. The van der Waals surface area contributed by atoms with Gasteiger partial charge < -0.3 is 5.32 Å². The highest BCUT2D eigenvalue weighted by Gasteiger charge is 2.04. The van der Waals surface area contributed by atoms with Crippen molar-refractivity contribution in [2.75, 3.05) is 12.4 Å². The van der Waals surface area contributed by atoms with Crippen LogP contribution in [-0.2, 0) is 6.54 Å². The molecule has 1 aromatic heterocycles. The maximum atomic E-state index is 13.4. The molecule has 17 heavy (non-hydrogen) atoms. The lowest BCUT2D eigenvalue weighted by Crippen LogP contribution is -2.23. The van der Waals surface area contributed by atoms with Gasteiger partial charge in [-0.25, -0.2) is 9.07 Å². The predicted octanol–water partition coefficient (Wildman–Crippen LogP) is 1.47. The van der Waals surface area contributed by atoms with Gasteiger partial charge in [-0.2, -0.15) is 5.10 Å². The molecule has 0 fully saturated rings. The second kappa shape index (κ2) is 4.78. The number of hydrogen-bond donors (Lipinski definition) is 1. The second-order valence-electron chi connectivity index (χ2n) is 3.58. The van der Waals surface area contributed by atoms with Gasteiger partial charge in [0.1, 0.15) is 5.82 Å². The van der Waals surface area contributed by atoms with Crippen molar-refractivity contribution in [3.8, 4) is 0 Å². The van der Waals surface area contributed by atoms with Crippen LogP contribution in [0.1, 0.15) is 5.56 Å². The van der Waals surface area contributed by atoms with Crippen LogP contribution in [0.2, 0.25) is 0 Å². The van der Waals surface area contributed by atoms with Crippen LogP contribution in [0.25, 0.3) is 0 Å². The molecule has 0 atom stereocenters. The molecule has 0 radical (unpaired) electrons. The molecule has 0 aliphatic heterocycles. The van der Waals surface area contributed by atoms with E-state index in [1.165, 1.54) is 23.0 Å². The Labute approximate surface area is 97.7 Å². The molecule has 2 aromatic rings. The normalized spacial score (nSPS) is 10.2. The molecule has 1 aromatic carbocycles. The lowest BCUT2D eigenvalue weighted by atomic mass is 10.2. The zero-order valence-electron chi connectivity index (χ0n) is 9.35. The minimum atomic E-state index is -0.334. The topological polar surface area (TPSA) is 46.9 Å². The third kappa shape index (κ3) is 2.50. The van der Waals surface area contributed by atoms with Crippen molar-refractivity contribution in [3.05, 3.63) is 58.3 Å². The molecule has 0 amide bonds. The summed E-state index contributed by atoms with van der Waals surface area (Å²) in [6, 6.07) is 7.76. The first-order chi connectivity index (χ1) is 8.20. The molecule has 4 nitrogen and oxygen atoms in total. The molecule has 0 unspecified atom stereocenters. The number of anilines is 1. The van der Waals surface area contributed by atoms with Crippen molar-refractivity contribution >= 4 is 5.69 Å². The van der Waals surface area contributed by atoms with Gasteiger partial charge in [0.25, 0.3) is 5.56 Å². The fourth-order valence-electron chi connectivity index (χ4n) is 1.48. The lowest BCUT2D eigenvalue weighted by Gasteiger charge is -2.06. The van der Waals surface area contributed by atoms with E-state index in [9.17, 15) is 9.18 Å². The number of hydrogen-bond acceptors (Lipinski definition) is 3. The summed E-state index contributed by atoms with van der Waals surface area (Å²) in [4.78, 5) is 11.7. The Morgan fingerprint density at radius 2 is 2.18 bits per heavy atom. The monoisotopic (exact) mass is 233 g/mol. The Balaban J connectivity index is 2.31. The average Bonchev–Trinajstić information content (AvgIpc) is 2.34. The van der Waals surface area contributed by atoms with Crippen LogP contribution in [0.3, 0.4) is 0 Å². The zero-order chi connectivity index (χ0) is 12.3. The van der Waals surface area contributed by atoms with Crippen LogP contribution in [0.4, 0.5) is 10.1 Å². The van der Waals surface area contributed by atoms with Gasteiger partial charge in [-0.3, -0.25) is 4.79 Å². The SMILES string of the molecule is CNc1cnn(Cc2ccccc2F)c(=O)c1. The van der Waals surface area contributed by atoms with Crippen LogP contribution in [0, 0.1) is 5.82 Å². The molecule has 0 saturated carbocycles. The molecule has 0 aliphatic carbocycles. The third-order valence-electron chi connectivity index (χ3n) is 2.44. The van der Waals surface area contributed by atoms with E-state index >= 15 is 0 Å². The summed E-state index contributed by atoms with van der Waals surface area (Å²) >= 11 is 0. The Kier molecular flexibility index (Phi) is 3.18. The summed E-state index contributed by atoms with van der Waals surface area (Å²) in [5, 5.41) is 6.78. The first kappa shape index (κ1) is 11.3. The standard InChI is InChI=1S/C12H12FN3O/c1-14-10-6-12(17)16(15-7-10)8-9-4-2-3-5-11(9)13/h2-7,14H,8H2,1H3. The Morgan fingerprint density at radius 1 is 1.41 bits per heavy atom. The van der Waals surface area contributed by atoms with Crippen molar-refractivity contribution in [2.24, 2.45) is 0 Å². The van der Waals surface area contributed by atoms with E-state index in [1.54, 1.807) is 25.2 Å². The Morgan fingerprint density at radius 3 is 2.82 bits per heavy atom. The molecular formula is C12H12FN3O. The predicted molar refractivity (Wildman–Crippen MR) is 63.5 cm³/mol. The molecule has 0 saturated heterocycles. The fourth-order valence-corrected chi connectivity index (χ4v) is 1.48. The van der Waals surface area contributed by atoms with Gasteiger partial charge in [0.05, 0.1) is 18.4 Å². The number of halogens is 1. The molecule has 88 valence electrons. The van der Waals surface area contributed by atoms with E-state index < -0.39 is 0 Å². The zero-order valence-corrected chi connectivity index (χ0v) is 9.35. The van der Waals surface area contributed by atoms with Crippen molar-refractivity contribution in [2.45, 2.75) is 6.54 Å². The molecule has 1 heterocycles. The third-order valence-corrected chi connectivity index (χ3v) is 2.44. The van der Waals surface area contributed by atoms with Gasteiger partial charge >= 0.3 is 0 Å². The van der Waals surface area contributed by atoms with Crippen molar-refractivity contribution in [1.29, 1.82) is 0 Å². The van der Waals surface area contributed by atoms with E-state index in [1.807, 2.05) is 0 Å². The molecule has 2 rings (SSSR count). The minimum absolute atomic E-state index is 0.134. The van der Waals surface area contributed by atoms with Gasteiger partial charge in [-0.1, -0.05) is 18.2 Å². The summed E-state index contributed by atoms with van der Waals surface area (Å²) < 4.78 is 14.6. The quantitative estimate of drug-likeness (QED) is 0.873. The van der Waals surface area contributed by atoms with E-state index in [-0.39, 0.29) is 17.9 Å². The molecule has 1 N–H and O–H groups in total. The van der Waals surface area contributed by atoms with Gasteiger partial charge in [-0.05, 0) is 6.07 Å². The lowest BCUT2D eigenvalue weighted by molar-refractivity contribution is 0.572. The van der Waals surface area contributed by atoms with Crippen LogP contribution < -0.4 is 10.9 Å². The van der Waals surface area contributed by atoms with Crippen molar-refractivity contribution < 1.29 is 4.39 Å². The average molecular weight is 233 g/mol. The summed E-state index contributed by atoms with van der Waals surface area (Å²) in [6.07, 6.45) is 1.53. The van der Waals surface area contributed by atoms with Crippen LogP contribution >= 0.6 is 0 Å². The first-order valence-corrected chi connectivity index (χ1v) is 5.19. The summed E-state index contributed by atoms with van der Waals surface area (Å²) in [5.74, 6) is -0.334. The van der Waals surface area contributed by atoms with E-state index in [0.717, 1.165) is 0 Å². The highest BCUT2D eigenvalue weighted by atomic mass is 19.1. The fraction of sp³-hybridized carbons (Fsp3) is 0.167. The molecule has 5 heteroatoms. The maximum Gasteiger partial charge on any atom is 0.269 e. The van der Waals surface area contributed by atoms with Gasteiger partial charge in [0.2, 0.25) is 0 Å². The van der Waals surface area contributed by atoms with E-state index in [4.69, 9.17) is 0 Å². The second-order valence-corrected chi connectivity index (χ2v) is 3.58. The van der Waals surface area contributed by atoms with Crippen LogP contribution in [-0.4, -0.2) is 16.8 Å². The number of benzene rings is 1. The Bertz CT molecular complexity index is 580. The summed E-state index contributed by atoms with van der Waals surface area (Å²) in [6.45, 7) is 0.134. The highest BCUT2D eigenvalue weighted by molar-refractivity contribution is 5.37. The van der Waals surface area contributed by atoms with Crippen LogP contribution in [0.15, 0.2) is 41.3 Å². The molecule has 0 spiro atoms. The number of rotatable bonds is 3. The number of nitrogens with zero attached hydrogens (tertiary/aromatic N) is 2. The van der Waals surface area contributed by atoms with Crippen molar-refractivity contribution in [3.63, 3.8) is 0 Å². The molecule has 0 aliphatic rings. The largest absolute Gasteiger partial charge is 0.387 e. The maximum absolute atomic E-state index is 13.4. The van der Waals surface area contributed by atoms with Crippen molar-refractivity contribution in [1.82, 2.24) is 9.78 Å². The van der Waals surface area contributed by atoms with Gasteiger partial charge in [0, 0.05) is 18.7 Å². The summed E-state index contributed by atoms with van der Waals surface area (Å²) in [5.41, 5.74) is 0.819. The highest BCUT2D eigenvalue weighted by Crippen LogP contribution is 2.07. The molecule has 0 bridgehead atoms.